The Morgan fingerprint density at radius 2 is 1.97 bits per heavy atom. The number of rotatable bonds is 4. The van der Waals surface area contributed by atoms with Gasteiger partial charge in [-0.2, -0.15) is 10.4 Å². The van der Waals surface area contributed by atoms with Crippen molar-refractivity contribution in [1.82, 2.24) is 20.2 Å². The van der Waals surface area contributed by atoms with Gasteiger partial charge >= 0.3 is 5.97 Å². The van der Waals surface area contributed by atoms with E-state index in [0.717, 1.165) is 37.9 Å². The van der Waals surface area contributed by atoms with Crippen molar-refractivity contribution in [2.75, 3.05) is 5.32 Å². The van der Waals surface area contributed by atoms with Crippen LogP contribution in [0.15, 0.2) is 18.3 Å². The summed E-state index contributed by atoms with van der Waals surface area (Å²) in [6, 6.07) is 3.70. The lowest BCUT2D eigenvalue weighted by atomic mass is 9.61. The molecule has 8 nitrogen and oxygen atoms in total. The van der Waals surface area contributed by atoms with Gasteiger partial charge in [-0.3, -0.25) is 9.89 Å². The summed E-state index contributed by atoms with van der Waals surface area (Å²) in [4.78, 5) is 20.1. The molecule has 0 spiro atoms. The first kappa shape index (κ1) is 19.4. The van der Waals surface area contributed by atoms with Crippen LogP contribution in [0, 0.1) is 40.7 Å². The average Bonchev–Trinajstić information content (AvgIpc) is 3.18. The third kappa shape index (κ3) is 3.17. The van der Waals surface area contributed by atoms with Crippen LogP contribution in [0.5, 0.6) is 0 Å². The van der Waals surface area contributed by atoms with Gasteiger partial charge in [0.25, 0.3) is 0 Å². The topological polar surface area (TPSA) is 128 Å². The number of carboxylic acid groups (broad SMARTS) is 1. The first-order valence-corrected chi connectivity index (χ1v) is 10.1. The van der Waals surface area contributed by atoms with Crippen LogP contribution in [0.2, 0.25) is 0 Å². The van der Waals surface area contributed by atoms with E-state index in [9.17, 15) is 23.9 Å². The van der Waals surface area contributed by atoms with Gasteiger partial charge < -0.3 is 10.4 Å². The summed E-state index contributed by atoms with van der Waals surface area (Å²) in [5, 5.41) is 29.3. The number of hydrogen-bond donors (Lipinski definition) is 3. The van der Waals surface area contributed by atoms with Crippen LogP contribution in [-0.2, 0) is 4.79 Å². The van der Waals surface area contributed by atoms with Gasteiger partial charge in [-0.1, -0.05) is 0 Å². The number of carbonyl (C=O) groups is 1. The molecular formula is C21H18F2N6O2. The minimum atomic E-state index is -0.901. The number of halogens is 2. The van der Waals surface area contributed by atoms with Gasteiger partial charge in [0.1, 0.15) is 17.6 Å². The van der Waals surface area contributed by atoms with Gasteiger partial charge in [-0.25, -0.2) is 18.7 Å². The third-order valence-corrected chi connectivity index (χ3v) is 6.52. The number of fused-ring (bicyclic) bond motifs is 4. The van der Waals surface area contributed by atoms with Crippen LogP contribution in [0.25, 0.3) is 22.4 Å². The van der Waals surface area contributed by atoms with Crippen LogP contribution in [0.4, 0.5) is 14.6 Å². The van der Waals surface area contributed by atoms with E-state index in [4.69, 9.17) is 0 Å². The summed E-state index contributed by atoms with van der Waals surface area (Å²) >= 11 is 0. The van der Waals surface area contributed by atoms with Crippen molar-refractivity contribution in [3.63, 3.8) is 0 Å². The molecular weight excluding hydrogens is 406 g/mol. The molecule has 3 fully saturated rings. The smallest absolute Gasteiger partial charge is 0.308 e. The van der Waals surface area contributed by atoms with Gasteiger partial charge in [0, 0.05) is 6.04 Å². The molecule has 2 atom stereocenters. The zero-order valence-electron chi connectivity index (χ0n) is 16.3. The molecule has 1 unspecified atom stereocenters. The number of carboxylic acids is 1. The van der Waals surface area contributed by atoms with Crippen molar-refractivity contribution in [2.24, 2.45) is 17.8 Å². The van der Waals surface area contributed by atoms with Crippen molar-refractivity contribution in [3.05, 3.63) is 35.5 Å². The number of H-pyrrole nitrogens is 1. The number of aromatic amines is 1. The van der Waals surface area contributed by atoms with Gasteiger partial charge in [0.15, 0.2) is 17.3 Å². The van der Waals surface area contributed by atoms with Gasteiger partial charge in [0.05, 0.1) is 28.8 Å². The molecule has 0 aliphatic heterocycles. The molecule has 0 aromatic carbocycles. The molecule has 0 radical (unpaired) electrons. The van der Waals surface area contributed by atoms with Crippen LogP contribution in [0.1, 0.15) is 31.2 Å². The van der Waals surface area contributed by atoms with E-state index in [0.29, 0.717) is 5.39 Å². The summed E-state index contributed by atoms with van der Waals surface area (Å²) in [5.74, 6) is -2.84. The molecule has 3 aliphatic rings. The molecule has 31 heavy (non-hydrogen) atoms. The molecule has 3 aliphatic carbocycles. The maximum atomic E-state index is 14.8. The first-order valence-electron chi connectivity index (χ1n) is 10.1. The molecule has 3 aromatic rings. The predicted molar refractivity (Wildman–Crippen MR) is 106 cm³/mol. The molecule has 6 rings (SSSR count). The van der Waals surface area contributed by atoms with Crippen LogP contribution < -0.4 is 5.32 Å². The Morgan fingerprint density at radius 1 is 1.23 bits per heavy atom. The quantitative estimate of drug-likeness (QED) is 0.585. The third-order valence-electron chi connectivity index (χ3n) is 6.52. The van der Waals surface area contributed by atoms with Crippen molar-refractivity contribution >= 4 is 22.8 Å². The number of nitrogens with zero attached hydrogens (tertiary/aromatic N) is 4. The van der Waals surface area contributed by atoms with E-state index < -0.39 is 29.6 Å². The van der Waals surface area contributed by atoms with E-state index >= 15 is 0 Å². The molecule has 0 saturated heterocycles. The van der Waals surface area contributed by atoms with Crippen LogP contribution >= 0.6 is 0 Å². The standard InChI is InChI=1S/C21H18F2N6O2/c22-12-6-13-18(28-29-19(13)25-8-12)17-11(7-24)5-14(23)20(27-17)26-16-10-3-1-9(2-4-10)15(16)21(30)31/h5-6,8-10,15-16H,1-4H2,(H,26,27)(H,30,31)(H,25,28,29)/t9?,10?,15-,16?/m0/s1. The van der Waals surface area contributed by atoms with Crippen molar-refractivity contribution < 1.29 is 18.7 Å². The van der Waals surface area contributed by atoms with Crippen molar-refractivity contribution in [2.45, 2.75) is 31.7 Å². The monoisotopic (exact) mass is 424 g/mol. The highest BCUT2D eigenvalue weighted by atomic mass is 19.1. The number of anilines is 1. The summed E-state index contributed by atoms with van der Waals surface area (Å²) in [5.41, 5.74) is 0.505. The Morgan fingerprint density at radius 3 is 2.68 bits per heavy atom. The Bertz CT molecular complexity index is 1230. The Hall–Kier alpha value is -3.61. The lowest BCUT2D eigenvalue weighted by molar-refractivity contribution is -0.148. The summed E-state index contributed by atoms with van der Waals surface area (Å²) in [6.45, 7) is 0. The van der Waals surface area contributed by atoms with Crippen molar-refractivity contribution in [1.29, 1.82) is 5.26 Å². The average molecular weight is 424 g/mol. The lowest BCUT2D eigenvalue weighted by Gasteiger charge is -2.47. The maximum absolute atomic E-state index is 14.8. The highest BCUT2D eigenvalue weighted by Gasteiger charge is 2.47. The minimum Gasteiger partial charge on any atom is -0.481 e. The normalized spacial score (nSPS) is 24.8. The molecule has 2 bridgehead atoms. The lowest BCUT2D eigenvalue weighted by Crippen LogP contribution is -2.51. The molecule has 3 aromatic heterocycles. The second-order valence-corrected chi connectivity index (χ2v) is 8.16. The Labute approximate surface area is 175 Å². The molecule has 3 N–H and O–H groups in total. The minimum absolute atomic E-state index is 0.0477. The Kier molecular flexibility index (Phi) is 4.54. The second-order valence-electron chi connectivity index (χ2n) is 8.16. The molecule has 158 valence electrons. The fraction of sp³-hybridized carbons (Fsp3) is 0.381. The number of hydrogen-bond acceptors (Lipinski definition) is 6. The van der Waals surface area contributed by atoms with E-state index in [1.165, 1.54) is 6.07 Å². The molecule has 10 heteroatoms. The summed E-state index contributed by atoms with van der Waals surface area (Å²) < 4.78 is 28.6. The van der Waals surface area contributed by atoms with Gasteiger partial charge in [-0.15, -0.1) is 0 Å². The Balaban J connectivity index is 1.58. The molecule has 3 saturated carbocycles. The fourth-order valence-electron chi connectivity index (χ4n) is 5.09. The van der Waals surface area contributed by atoms with Gasteiger partial charge in [0.2, 0.25) is 0 Å². The van der Waals surface area contributed by atoms with Crippen molar-refractivity contribution in [3.8, 4) is 17.5 Å². The van der Waals surface area contributed by atoms with E-state index in [1.54, 1.807) is 0 Å². The SMILES string of the molecule is N#Cc1cc(F)c(NC2C3CCC(CC3)[C@@H]2C(=O)O)nc1-c1[nH]nc2ncc(F)cc12. The number of aliphatic carboxylic acids is 1. The first-order chi connectivity index (χ1) is 15.0. The highest BCUT2D eigenvalue weighted by molar-refractivity contribution is 5.91. The highest BCUT2D eigenvalue weighted by Crippen LogP contribution is 2.46. The zero-order chi connectivity index (χ0) is 21.7. The predicted octanol–water partition coefficient (Wildman–Crippen LogP) is 3.47. The van der Waals surface area contributed by atoms with E-state index in [-0.39, 0.29) is 40.3 Å². The second kappa shape index (κ2) is 7.27. The van der Waals surface area contributed by atoms with Crippen LogP contribution in [0.3, 0.4) is 0 Å². The largest absolute Gasteiger partial charge is 0.481 e. The van der Waals surface area contributed by atoms with E-state index in [1.807, 2.05) is 6.07 Å². The van der Waals surface area contributed by atoms with Gasteiger partial charge in [-0.05, 0) is 49.7 Å². The zero-order valence-corrected chi connectivity index (χ0v) is 16.3. The number of nitrogens with one attached hydrogen (secondary N) is 2. The maximum Gasteiger partial charge on any atom is 0.308 e. The number of pyridine rings is 2. The number of aromatic nitrogens is 4. The molecule has 3 heterocycles. The summed E-state index contributed by atoms with van der Waals surface area (Å²) in [6.07, 6.45) is 4.49. The fourth-order valence-corrected chi connectivity index (χ4v) is 5.09. The summed E-state index contributed by atoms with van der Waals surface area (Å²) in [7, 11) is 0. The van der Waals surface area contributed by atoms with E-state index in [2.05, 4.69) is 25.5 Å². The number of nitriles is 1. The molecule has 0 amide bonds. The van der Waals surface area contributed by atoms with Crippen LogP contribution in [-0.4, -0.2) is 37.3 Å².